The number of aliphatic hydroxyl groups excluding tert-OH is 1. The number of aromatic amines is 1. The minimum absolute atomic E-state index is 0.264. The van der Waals surface area contributed by atoms with Crippen molar-refractivity contribution in [3.05, 3.63) is 46.5 Å². The Balaban J connectivity index is 1.30. The summed E-state index contributed by atoms with van der Waals surface area (Å²) in [4.78, 5) is 4.43. The number of hydrogen-bond donors (Lipinski definition) is 3. The first-order valence-corrected chi connectivity index (χ1v) is 9.57. The standard InChI is InChI=1S/C20H28N4O/c1-13-22-20(24-23-13)17-9-18(19(25)10-17)12-21-11-14-6-7-15-4-2-3-5-16(15)8-14/h6-8,17-19,21,25H,2-5,9-12H2,1H3,(H,22,23,24)/t17?,18-,19-/m1/s1. The molecule has 1 fully saturated rings. The van der Waals surface area contributed by atoms with Crippen LogP contribution in [0.15, 0.2) is 18.2 Å². The normalized spacial score (nSPS) is 25.9. The molecule has 3 N–H and O–H groups in total. The Kier molecular flexibility index (Phi) is 4.86. The summed E-state index contributed by atoms with van der Waals surface area (Å²) in [6.45, 7) is 3.64. The van der Waals surface area contributed by atoms with Crippen LogP contribution in [0.1, 0.15) is 59.9 Å². The van der Waals surface area contributed by atoms with E-state index in [-0.39, 0.29) is 17.9 Å². The van der Waals surface area contributed by atoms with E-state index in [2.05, 4.69) is 38.7 Å². The fraction of sp³-hybridized carbons (Fsp3) is 0.600. The molecule has 134 valence electrons. The summed E-state index contributed by atoms with van der Waals surface area (Å²) < 4.78 is 0. The zero-order chi connectivity index (χ0) is 17.2. The molecule has 1 aromatic heterocycles. The molecule has 0 radical (unpaired) electrons. The van der Waals surface area contributed by atoms with Crippen LogP contribution in [-0.4, -0.2) is 32.9 Å². The molecule has 5 heteroatoms. The number of nitrogens with zero attached hydrogens (tertiary/aromatic N) is 2. The zero-order valence-electron chi connectivity index (χ0n) is 15.0. The van der Waals surface area contributed by atoms with Crippen LogP contribution in [0.25, 0.3) is 0 Å². The number of nitrogens with one attached hydrogen (secondary N) is 2. The fourth-order valence-corrected chi connectivity index (χ4v) is 4.37. The van der Waals surface area contributed by atoms with Crippen molar-refractivity contribution in [1.82, 2.24) is 20.5 Å². The average Bonchev–Trinajstić information content (AvgIpc) is 3.21. The van der Waals surface area contributed by atoms with Gasteiger partial charge in [-0.2, -0.15) is 5.10 Å². The van der Waals surface area contributed by atoms with Crippen molar-refractivity contribution < 1.29 is 5.11 Å². The second-order valence-electron chi connectivity index (χ2n) is 7.72. The lowest BCUT2D eigenvalue weighted by molar-refractivity contribution is 0.131. The molecule has 1 heterocycles. The van der Waals surface area contributed by atoms with E-state index >= 15 is 0 Å². The molecule has 2 aromatic rings. The van der Waals surface area contributed by atoms with Gasteiger partial charge in [0.05, 0.1) is 6.10 Å². The number of H-pyrrole nitrogens is 1. The van der Waals surface area contributed by atoms with Gasteiger partial charge in [-0.05, 0) is 68.1 Å². The van der Waals surface area contributed by atoms with Gasteiger partial charge in [-0.25, -0.2) is 4.98 Å². The molecular weight excluding hydrogens is 312 g/mol. The molecule has 0 saturated heterocycles. The van der Waals surface area contributed by atoms with Crippen LogP contribution in [0.2, 0.25) is 0 Å². The summed E-state index contributed by atoms with van der Waals surface area (Å²) in [5, 5.41) is 21.1. The largest absolute Gasteiger partial charge is 0.393 e. The fourth-order valence-electron chi connectivity index (χ4n) is 4.37. The van der Waals surface area contributed by atoms with Crippen LogP contribution < -0.4 is 5.32 Å². The molecule has 0 amide bonds. The van der Waals surface area contributed by atoms with E-state index in [1.807, 2.05) is 6.92 Å². The van der Waals surface area contributed by atoms with E-state index in [1.54, 1.807) is 0 Å². The van der Waals surface area contributed by atoms with Crippen molar-refractivity contribution in [2.45, 2.75) is 64.0 Å². The minimum atomic E-state index is -0.264. The molecule has 0 bridgehead atoms. The molecule has 25 heavy (non-hydrogen) atoms. The molecule has 1 unspecified atom stereocenters. The third-order valence-electron chi connectivity index (χ3n) is 5.79. The van der Waals surface area contributed by atoms with Crippen LogP contribution in [0.4, 0.5) is 0 Å². The van der Waals surface area contributed by atoms with E-state index in [0.29, 0.717) is 0 Å². The predicted octanol–water partition coefficient (Wildman–Crippen LogP) is 2.64. The Labute approximate surface area is 149 Å². The van der Waals surface area contributed by atoms with E-state index < -0.39 is 0 Å². The molecule has 0 aliphatic heterocycles. The van der Waals surface area contributed by atoms with Crippen LogP contribution in [0.5, 0.6) is 0 Å². The second-order valence-corrected chi connectivity index (χ2v) is 7.72. The summed E-state index contributed by atoms with van der Waals surface area (Å²) in [5.41, 5.74) is 4.42. The minimum Gasteiger partial charge on any atom is -0.393 e. The van der Waals surface area contributed by atoms with Crippen molar-refractivity contribution in [3.63, 3.8) is 0 Å². The first-order chi connectivity index (χ1) is 12.2. The topological polar surface area (TPSA) is 73.8 Å². The highest BCUT2D eigenvalue weighted by atomic mass is 16.3. The molecule has 4 rings (SSSR count). The van der Waals surface area contributed by atoms with Crippen molar-refractivity contribution in [3.8, 4) is 0 Å². The summed E-state index contributed by atoms with van der Waals surface area (Å²) in [5.74, 6) is 2.25. The van der Waals surface area contributed by atoms with Crippen molar-refractivity contribution in [2.75, 3.05) is 6.54 Å². The predicted molar refractivity (Wildman–Crippen MR) is 97.4 cm³/mol. The van der Waals surface area contributed by atoms with Gasteiger partial charge in [0.2, 0.25) is 0 Å². The number of aryl methyl sites for hydroxylation is 3. The third kappa shape index (κ3) is 3.77. The summed E-state index contributed by atoms with van der Waals surface area (Å²) in [6.07, 6.45) is 6.57. The lowest BCUT2D eigenvalue weighted by atomic mass is 9.90. The van der Waals surface area contributed by atoms with Gasteiger partial charge in [-0.15, -0.1) is 0 Å². The van der Waals surface area contributed by atoms with Gasteiger partial charge in [0.25, 0.3) is 0 Å². The van der Waals surface area contributed by atoms with Crippen molar-refractivity contribution >= 4 is 0 Å². The van der Waals surface area contributed by atoms with Gasteiger partial charge in [-0.1, -0.05) is 18.2 Å². The molecule has 3 atom stereocenters. The van der Waals surface area contributed by atoms with E-state index in [1.165, 1.54) is 42.4 Å². The lowest BCUT2D eigenvalue weighted by Gasteiger charge is -2.18. The summed E-state index contributed by atoms with van der Waals surface area (Å²) in [7, 11) is 0. The molecule has 2 aliphatic rings. The maximum Gasteiger partial charge on any atom is 0.153 e. The van der Waals surface area contributed by atoms with Gasteiger partial charge in [0.1, 0.15) is 5.82 Å². The Hall–Kier alpha value is -1.72. The number of rotatable bonds is 5. The smallest absolute Gasteiger partial charge is 0.153 e. The lowest BCUT2D eigenvalue weighted by Crippen LogP contribution is -2.27. The highest BCUT2D eigenvalue weighted by molar-refractivity contribution is 5.33. The maximum atomic E-state index is 10.4. The van der Waals surface area contributed by atoms with Gasteiger partial charge >= 0.3 is 0 Å². The molecule has 5 nitrogen and oxygen atoms in total. The Bertz CT molecular complexity index is 726. The molecule has 2 aliphatic carbocycles. The molecule has 1 saturated carbocycles. The van der Waals surface area contributed by atoms with Gasteiger partial charge in [-0.3, -0.25) is 5.10 Å². The van der Waals surface area contributed by atoms with E-state index in [9.17, 15) is 5.11 Å². The molecule has 1 aromatic carbocycles. The maximum absolute atomic E-state index is 10.4. The first-order valence-electron chi connectivity index (χ1n) is 9.57. The quantitative estimate of drug-likeness (QED) is 0.782. The van der Waals surface area contributed by atoms with Crippen LogP contribution in [-0.2, 0) is 19.4 Å². The number of fused-ring (bicyclic) bond motifs is 1. The Morgan fingerprint density at radius 2 is 2.04 bits per heavy atom. The van der Waals surface area contributed by atoms with Crippen molar-refractivity contribution in [1.29, 1.82) is 0 Å². The van der Waals surface area contributed by atoms with Crippen molar-refractivity contribution in [2.24, 2.45) is 5.92 Å². The third-order valence-corrected chi connectivity index (χ3v) is 5.79. The second kappa shape index (κ2) is 7.26. The van der Waals surface area contributed by atoms with Crippen LogP contribution >= 0.6 is 0 Å². The highest BCUT2D eigenvalue weighted by Gasteiger charge is 2.35. The molecule has 0 spiro atoms. The van der Waals surface area contributed by atoms with Crippen LogP contribution in [0.3, 0.4) is 0 Å². The van der Waals surface area contributed by atoms with Gasteiger partial charge in [0.15, 0.2) is 5.82 Å². The first kappa shape index (κ1) is 16.7. The number of aliphatic hydroxyl groups is 1. The average molecular weight is 340 g/mol. The Morgan fingerprint density at radius 1 is 1.20 bits per heavy atom. The number of hydrogen-bond acceptors (Lipinski definition) is 4. The van der Waals surface area contributed by atoms with Gasteiger partial charge in [0, 0.05) is 19.0 Å². The van der Waals surface area contributed by atoms with Crippen LogP contribution in [0, 0.1) is 12.8 Å². The zero-order valence-corrected chi connectivity index (χ0v) is 15.0. The molecular formula is C20H28N4O. The monoisotopic (exact) mass is 340 g/mol. The van der Waals surface area contributed by atoms with Gasteiger partial charge < -0.3 is 10.4 Å². The van der Waals surface area contributed by atoms with E-state index in [4.69, 9.17) is 0 Å². The van der Waals surface area contributed by atoms with E-state index in [0.717, 1.165) is 37.6 Å². The number of aromatic nitrogens is 3. The Morgan fingerprint density at radius 3 is 2.84 bits per heavy atom. The number of benzene rings is 1. The SMILES string of the molecule is Cc1nc(C2C[C@H](CNCc3ccc4c(c3)CCCC4)[C@H](O)C2)n[nH]1. The summed E-state index contributed by atoms with van der Waals surface area (Å²) in [6, 6.07) is 6.92. The highest BCUT2D eigenvalue weighted by Crippen LogP contribution is 2.36. The summed E-state index contributed by atoms with van der Waals surface area (Å²) >= 11 is 0.